The molecule has 1 saturated heterocycles. The maximum Gasteiger partial charge on any atom is 0.259 e. The fourth-order valence-corrected chi connectivity index (χ4v) is 4.52. The minimum absolute atomic E-state index is 0.148. The van der Waals surface area contributed by atoms with Gasteiger partial charge < -0.3 is 29.7 Å². The lowest BCUT2D eigenvalue weighted by molar-refractivity contribution is -0.190. The van der Waals surface area contributed by atoms with E-state index in [0.29, 0.717) is 28.6 Å². The highest BCUT2D eigenvalue weighted by molar-refractivity contribution is 6.35. The molecular formula is C19H25Cl2NO6. The second kappa shape index (κ2) is 9.26. The lowest BCUT2D eigenvalue weighted by atomic mass is 9.96. The number of hydrogen-bond donors (Lipinski definition) is 3. The molecule has 1 aromatic carbocycles. The van der Waals surface area contributed by atoms with E-state index < -0.39 is 49.1 Å². The third-order valence-corrected chi connectivity index (χ3v) is 5.86. The normalized spacial score (nSPS) is 33.1. The molecule has 0 bridgehead atoms. The molecule has 3 rings (SSSR count). The third-order valence-electron chi connectivity index (χ3n) is 5.43. The van der Waals surface area contributed by atoms with Crippen molar-refractivity contribution >= 4 is 34.8 Å². The first-order valence-electron chi connectivity index (χ1n) is 9.30. The molecule has 6 atom stereocenters. The zero-order valence-electron chi connectivity index (χ0n) is 15.5. The average Bonchev–Trinajstić information content (AvgIpc) is 3.06. The molecule has 3 N–H and O–H groups in total. The van der Waals surface area contributed by atoms with E-state index in [2.05, 4.69) is 0 Å². The molecule has 1 amide bonds. The van der Waals surface area contributed by atoms with Crippen LogP contribution in [0.15, 0.2) is 18.2 Å². The number of carbonyl (C=O) groups is 1. The summed E-state index contributed by atoms with van der Waals surface area (Å²) >= 11 is 12.3. The van der Waals surface area contributed by atoms with Gasteiger partial charge in [-0.25, -0.2) is 0 Å². The molecule has 1 aromatic rings. The summed E-state index contributed by atoms with van der Waals surface area (Å²) in [6, 6.07) is 4.33. The van der Waals surface area contributed by atoms with Gasteiger partial charge in [0.15, 0.2) is 6.10 Å². The van der Waals surface area contributed by atoms with Gasteiger partial charge in [0.05, 0.1) is 31.0 Å². The minimum atomic E-state index is -1.05. The van der Waals surface area contributed by atoms with Gasteiger partial charge in [-0.3, -0.25) is 4.79 Å². The Morgan fingerprint density at radius 3 is 2.43 bits per heavy atom. The number of carbonyl (C=O) groups excluding carboxylic acids is 1. The van der Waals surface area contributed by atoms with E-state index in [9.17, 15) is 20.1 Å². The standard InChI is InChI=1S/C19H25Cl2NO6/c1-27-16-8-15(25)17(9-23)28-18(16)19(26)22(13-3-2-4-14(13)24)12-6-10(20)5-11(21)7-12/h5-7,13-18,23-25H,2-4,8-9H2,1H3/t13-,14-,15?,16?,17?,18?/m0/s1. The summed E-state index contributed by atoms with van der Waals surface area (Å²) in [6.07, 6.45) is -2.13. The van der Waals surface area contributed by atoms with E-state index in [1.807, 2.05) is 0 Å². The number of hydrogen-bond acceptors (Lipinski definition) is 6. The van der Waals surface area contributed by atoms with Gasteiger partial charge in [-0.2, -0.15) is 0 Å². The van der Waals surface area contributed by atoms with Crippen LogP contribution in [-0.4, -0.2) is 71.5 Å². The predicted octanol–water partition coefficient (Wildman–Crippen LogP) is 1.77. The Hall–Kier alpha value is -0.930. The topological polar surface area (TPSA) is 99.5 Å². The van der Waals surface area contributed by atoms with Crippen molar-refractivity contribution in [2.45, 2.75) is 62.2 Å². The molecule has 9 heteroatoms. The van der Waals surface area contributed by atoms with Crippen LogP contribution in [-0.2, 0) is 14.3 Å². The van der Waals surface area contributed by atoms with Crippen LogP contribution in [0.2, 0.25) is 10.0 Å². The first-order valence-corrected chi connectivity index (χ1v) is 10.1. The number of anilines is 1. The summed E-state index contributed by atoms with van der Waals surface area (Å²) < 4.78 is 11.1. The molecule has 0 radical (unpaired) electrons. The van der Waals surface area contributed by atoms with E-state index in [1.165, 1.54) is 12.0 Å². The number of benzene rings is 1. The SMILES string of the molecule is COC1CC(O)C(CO)OC1C(=O)N(c1cc(Cl)cc(Cl)c1)[C@H]1CCC[C@@H]1O. The highest BCUT2D eigenvalue weighted by Gasteiger charge is 2.45. The molecule has 1 saturated carbocycles. The Balaban J connectivity index is 1.97. The van der Waals surface area contributed by atoms with Crippen molar-refractivity contribution in [2.75, 3.05) is 18.6 Å². The van der Waals surface area contributed by atoms with Crippen molar-refractivity contribution in [1.82, 2.24) is 0 Å². The minimum Gasteiger partial charge on any atom is -0.394 e. The monoisotopic (exact) mass is 433 g/mol. The van der Waals surface area contributed by atoms with Crippen LogP contribution < -0.4 is 4.90 Å². The van der Waals surface area contributed by atoms with E-state index in [4.69, 9.17) is 32.7 Å². The molecule has 0 aromatic heterocycles. The molecule has 0 spiro atoms. The molecule has 1 heterocycles. The van der Waals surface area contributed by atoms with Gasteiger partial charge in [0.1, 0.15) is 6.10 Å². The predicted molar refractivity (Wildman–Crippen MR) is 105 cm³/mol. The number of amides is 1. The number of rotatable bonds is 5. The van der Waals surface area contributed by atoms with Gasteiger partial charge in [0, 0.05) is 29.3 Å². The van der Waals surface area contributed by atoms with Gasteiger partial charge >= 0.3 is 0 Å². The van der Waals surface area contributed by atoms with Crippen molar-refractivity contribution in [2.24, 2.45) is 0 Å². The third kappa shape index (κ3) is 4.46. The maximum atomic E-state index is 13.6. The molecular weight excluding hydrogens is 409 g/mol. The quantitative estimate of drug-likeness (QED) is 0.654. The van der Waals surface area contributed by atoms with Crippen molar-refractivity contribution in [3.05, 3.63) is 28.2 Å². The summed E-state index contributed by atoms with van der Waals surface area (Å²) in [5.41, 5.74) is 0.457. The summed E-state index contributed by atoms with van der Waals surface area (Å²) in [7, 11) is 1.44. The zero-order valence-corrected chi connectivity index (χ0v) is 17.0. The van der Waals surface area contributed by atoms with Crippen LogP contribution in [0.5, 0.6) is 0 Å². The Bertz CT molecular complexity index is 685. The van der Waals surface area contributed by atoms with Gasteiger partial charge in [-0.15, -0.1) is 0 Å². The Kier molecular flexibility index (Phi) is 7.20. The number of aliphatic hydroxyl groups excluding tert-OH is 3. The van der Waals surface area contributed by atoms with Crippen LogP contribution in [0.25, 0.3) is 0 Å². The van der Waals surface area contributed by atoms with Crippen molar-refractivity contribution in [1.29, 1.82) is 0 Å². The lowest BCUT2D eigenvalue weighted by Gasteiger charge is -2.41. The Labute approximate surface area is 173 Å². The number of aliphatic hydroxyl groups is 3. The van der Waals surface area contributed by atoms with E-state index in [-0.39, 0.29) is 6.42 Å². The molecule has 2 aliphatic rings. The van der Waals surface area contributed by atoms with Crippen LogP contribution in [0.4, 0.5) is 5.69 Å². The number of nitrogens with zero attached hydrogens (tertiary/aromatic N) is 1. The van der Waals surface area contributed by atoms with Gasteiger partial charge in [-0.1, -0.05) is 23.2 Å². The Morgan fingerprint density at radius 1 is 1.21 bits per heavy atom. The fourth-order valence-electron chi connectivity index (χ4n) is 4.00. The highest BCUT2D eigenvalue weighted by atomic mass is 35.5. The van der Waals surface area contributed by atoms with E-state index in [0.717, 1.165) is 6.42 Å². The molecule has 1 aliphatic heterocycles. The lowest BCUT2D eigenvalue weighted by Crippen LogP contribution is -2.58. The van der Waals surface area contributed by atoms with E-state index in [1.54, 1.807) is 18.2 Å². The van der Waals surface area contributed by atoms with Crippen molar-refractivity contribution in [3.63, 3.8) is 0 Å². The zero-order chi connectivity index (χ0) is 20.4. The number of methoxy groups -OCH3 is 1. The first kappa shape index (κ1) is 21.8. The van der Waals surface area contributed by atoms with Crippen molar-refractivity contribution < 1.29 is 29.6 Å². The van der Waals surface area contributed by atoms with Gasteiger partial charge in [-0.05, 0) is 37.5 Å². The van der Waals surface area contributed by atoms with Gasteiger partial charge in [0.2, 0.25) is 0 Å². The molecule has 28 heavy (non-hydrogen) atoms. The molecule has 7 nitrogen and oxygen atoms in total. The molecule has 2 fully saturated rings. The smallest absolute Gasteiger partial charge is 0.259 e. The van der Waals surface area contributed by atoms with Crippen LogP contribution >= 0.6 is 23.2 Å². The van der Waals surface area contributed by atoms with E-state index >= 15 is 0 Å². The molecule has 4 unspecified atom stereocenters. The number of ether oxygens (including phenoxy) is 2. The van der Waals surface area contributed by atoms with Crippen LogP contribution in [0.1, 0.15) is 25.7 Å². The maximum absolute atomic E-state index is 13.6. The second-order valence-electron chi connectivity index (χ2n) is 7.26. The second-order valence-corrected chi connectivity index (χ2v) is 8.13. The summed E-state index contributed by atoms with van der Waals surface area (Å²) in [5, 5.41) is 30.8. The van der Waals surface area contributed by atoms with Crippen LogP contribution in [0, 0.1) is 0 Å². The molecule has 1 aliphatic carbocycles. The Morgan fingerprint density at radius 2 is 1.89 bits per heavy atom. The largest absolute Gasteiger partial charge is 0.394 e. The van der Waals surface area contributed by atoms with Crippen molar-refractivity contribution in [3.8, 4) is 0 Å². The highest BCUT2D eigenvalue weighted by Crippen LogP contribution is 2.35. The average molecular weight is 434 g/mol. The fraction of sp³-hybridized carbons (Fsp3) is 0.632. The first-order chi connectivity index (χ1) is 13.3. The number of halogens is 2. The van der Waals surface area contributed by atoms with Gasteiger partial charge in [0.25, 0.3) is 5.91 Å². The van der Waals surface area contributed by atoms with Crippen LogP contribution in [0.3, 0.4) is 0 Å². The molecule has 156 valence electrons. The summed E-state index contributed by atoms with van der Waals surface area (Å²) in [5.74, 6) is -0.429. The summed E-state index contributed by atoms with van der Waals surface area (Å²) in [4.78, 5) is 15.0. The summed E-state index contributed by atoms with van der Waals surface area (Å²) in [6.45, 7) is -0.420.